The van der Waals surface area contributed by atoms with Gasteiger partial charge >= 0.3 is 5.97 Å². The third-order valence-electron chi connectivity index (χ3n) is 4.55. The molecule has 0 aromatic heterocycles. The summed E-state index contributed by atoms with van der Waals surface area (Å²) in [4.78, 5) is 28.0. The van der Waals surface area contributed by atoms with Crippen molar-refractivity contribution < 1.29 is 14.7 Å². The van der Waals surface area contributed by atoms with Crippen LogP contribution in [0.2, 0.25) is 0 Å². The average Bonchev–Trinajstić information content (AvgIpc) is 2.61. The van der Waals surface area contributed by atoms with E-state index >= 15 is 0 Å². The van der Waals surface area contributed by atoms with E-state index in [4.69, 9.17) is 0 Å². The maximum atomic E-state index is 13.0. The summed E-state index contributed by atoms with van der Waals surface area (Å²) >= 11 is 3.44. The standard InChI is InChI=1S/C20H21BrN2O3/c21-17-8-4-7-16(11-17)14-23-10-9-22(13-15-5-2-1-3-6-15)18(20(23)26)12-19(24)25/h1-8,11,18H,9-10,12-14H2,(H,24,25). The number of benzene rings is 2. The minimum atomic E-state index is -0.953. The topological polar surface area (TPSA) is 60.9 Å². The van der Waals surface area contributed by atoms with Gasteiger partial charge in [-0.05, 0) is 23.3 Å². The summed E-state index contributed by atoms with van der Waals surface area (Å²) in [6, 6.07) is 17.0. The molecular formula is C20H21BrN2O3. The molecule has 1 aliphatic rings. The molecule has 1 fully saturated rings. The van der Waals surface area contributed by atoms with Crippen molar-refractivity contribution in [2.24, 2.45) is 0 Å². The number of carbonyl (C=O) groups is 2. The van der Waals surface area contributed by atoms with Crippen LogP contribution in [0.4, 0.5) is 0 Å². The molecule has 0 bridgehead atoms. The van der Waals surface area contributed by atoms with Crippen LogP contribution in [-0.4, -0.2) is 45.9 Å². The second kappa shape index (κ2) is 8.47. The van der Waals surface area contributed by atoms with Crippen molar-refractivity contribution in [3.63, 3.8) is 0 Å². The van der Waals surface area contributed by atoms with Crippen molar-refractivity contribution >= 4 is 27.8 Å². The highest BCUT2D eigenvalue weighted by Gasteiger charge is 2.36. The van der Waals surface area contributed by atoms with Crippen LogP contribution >= 0.6 is 15.9 Å². The Bertz CT molecular complexity index is 782. The molecule has 1 saturated heterocycles. The van der Waals surface area contributed by atoms with Crippen LogP contribution in [0.1, 0.15) is 17.5 Å². The van der Waals surface area contributed by atoms with Crippen LogP contribution < -0.4 is 0 Å². The number of hydrogen-bond acceptors (Lipinski definition) is 3. The third kappa shape index (κ3) is 4.71. The number of aliphatic carboxylic acids is 1. The maximum absolute atomic E-state index is 13.0. The number of piperazine rings is 1. The molecule has 136 valence electrons. The highest BCUT2D eigenvalue weighted by atomic mass is 79.9. The number of rotatable bonds is 6. The number of hydrogen-bond donors (Lipinski definition) is 1. The van der Waals surface area contributed by atoms with E-state index in [1.807, 2.05) is 59.5 Å². The summed E-state index contributed by atoms with van der Waals surface area (Å²) in [7, 11) is 0. The van der Waals surface area contributed by atoms with Gasteiger partial charge in [0, 0.05) is 30.7 Å². The Morgan fingerprint density at radius 2 is 1.77 bits per heavy atom. The molecule has 0 spiro atoms. The lowest BCUT2D eigenvalue weighted by molar-refractivity contribution is -0.150. The first kappa shape index (κ1) is 18.6. The zero-order valence-electron chi connectivity index (χ0n) is 14.3. The van der Waals surface area contributed by atoms with Gasteiger partial charge in [0.2, 0.25) is 5.91 Å². The predicted octanol–water partition coefficient (Wildman–Crippen LogP) is 3.14. The highest BCUT2D eigenvalue weighted by molar-refractivity contribution is 9.10. The SMILES string of the molecule is O=C(O)CC1C(=O)N(Cc2cccc(Br)c2)CCN1Cc1ccccc1. The summed E-state index contributed by atoms with van der Waals surface area (Å²) in [5.74, 6) is -1.07. The van der Waals surface area contributed by atoms with E-state index in [1.54, 1.807) is 4.90 Å². The monoisotopic (exact) mass is 416 g/mol. The number of halogens is 1. The molecule has 26 heavy (non-hydrogen) atoms. The molecule has 1 unspecified atom stereocenters. The highest BCUT2D eigenvalue weighted by Crippen LogP contribution is 2.21. The minimum Gasteiger partial charge on any atom is -0.481 e. The van der Waals surface area contributed by atoms with Gasteiger partial charge in [-0.15, -0.1) is 0 Å². The Morgan fingerprint density at radius 1 is 1.04 bits per heavy atom. The van der Waals surface area contributed by atoms with E-state index in [9.17, 15) is 14.7 Å². The van der Waals surface area contributed by atoms with Gasteiger partial charge in [-0.3, -0.25) is 14.5 Å². The second-order valence-corrected chi connectivity index (χ2v) is 7.38. The molecule has 2 aromatic carbocycles. The van der Waals surface area contributed by atoms with Crippen LogP contribution in [0, 0.1) is 0 Å². The Balaban J connectivity index is 1.74. The molecule has 1 heterocycles. The van der Waals surface area contributed by atoms with Crippen molar-refractivity contribution in [1.29, 1.82) is 0 Å². The fourth-order valence-corrected chi connectivity index (χ4v) is 3.73. The van der Waals surface area contributed by atoms with Crippen molar-refractivity contribution in [2.75, 3.05) is 13.1 Å². The predicted molar refractivity (Wildman–Crippen MR) is 102 cm³/mol. The molecule has 1 N–H and O–H groups in total. The van der Waals surface area contributed by atoms with Gasteiger partial charge < -0.3 is 10.0 Å². The van der Waals surface area contributed by atoms with E-state index in [2.05, 4.69) is 15.9 Å². The summed E-state index contributed by atoms with van der Waals surface area (Å²) < 4.78 is 0.965. The first-order valence-corrected chi connectivity index (χ1v) is 9.35. The van der Waals surface area contributed by atoms with Gasteiger partial charge in [-0.1, -0.05) is 58.4 Å². The Hall–Kier alpha value is -2.18. The van der Waals surface area contributed by atoms with Crippen molar-refractivity contribution in [3.05, 3.63) is 70.2 Å². The number of carboxylic acid groups (broad SMARTS) is 1. The number of nitrogens with zero attached hydrogens (tertiary/aromatic N) is 2. The summed E-state index contributed by atoms with van der Waals surface area (Å²) in [6.07, 6.45) is -0.180. The van der Waals surface area contributed by atoms with Gasteiger partial charge in [0.1, 0.15) is 6.04 Å². The van der Waals surface area contributed by atoms with Gasteiger partial charge in [-0.25, -0.2) is 0 Å². The molecule has 1 amide bonds. The summed E-state index contributed by atoms with van der Waals surface area (Å²) in [5.41, 5.74) is 2.11. The molecule has 3 rings (SSSR count). The van der Waals surface area contributed by atoms with Crippen LogP contribution in [0.15, 0.2) is 59.1 Å². The van der Waals surface area contributed by atoms with Crippen LogP contribution in [0.25, 0.3) is 0 Å². The molecule has 6 heteroatoms. The quantitative estimate of drug-likeness (QED) is 0.785. The normalized spacial score (nSPS) is 18.1. The lowest BCUT2D eigenvalue weighted by Gasteiger charge is -2.40. The molecule has 0 radical (unpaired) electrons. The number of carbonyl (C=O) groups excluding carboxylic acids is 1. The molecule has 2 aromatic rings. The van der Waals surface area contributed by atoms with Crippen LogP contribution in [-0.2, 0) is 22.7 Å². The molecule has 0 aliphatic carbocycles. The van der Waals surface area contributed by atoms with Gasteiger partial charge in [0.15, 0.2) is 0 Å². The Kier molecular flexibility index (Phi) is 6.06. The molecule has 5 nitrogen and oxygen atoms in total. The van der Waals surface area contributed by atoms with E-state index in [0.29, 0.717) is 26.2 Å². The van der Waals surface area contributed by atoms with Crippen LogP contribution in [0.3, 0.4) is 0 Å². The molecule has 1 aliphatic heterocycles. The zero-order chi connectivity index (χ0) is 18.5. The first-order valence-electron chi connectivity index (χ1n) is 8.56. The van der Waals surface area contributed by atoms with Crippen molar-refractivity contribution in [1.82, 2.24) is 9.80 Å². The molecular weight excluding hydrogens is 396 g/mol. The van der Waals surface area contributed by atoms with Crippen molar-refractivity contribution in [2.45, 2.75) is 25.6 Å². The summed E-state index contributed by atoms with van der Waals surface area (Å²) in [6.45, 7) is 2.32. The zero-order valence-corrected chi connectivity index (χ0v) is 15.9. The lowest BCUT2D eigenvalue weighted by atomic mass is 10.0. The van der Waals surface area contributed by atoms with E-state index in [1.165, 1.54) is 0 Å². The first-order chi connectivity index (χ1) is 12.5. The van der Waals surface area contributed by atoms with E-state index in [-0.39, 0.29) is 12.3 Å². The fraction of sp³-hybridized carbons (Fsp3) is 0.300. The second-order valence-electron chi connectivity index (χ2n) is 6.46. The third-order valence-corrected chi connectivity index (χ3v) is 5.05. The fourth-order valence-electron chi connectivity index (χ4n) is 3.28. The smallest absolute Gasteiger partial charge is 0.305 e. The Labute approximate surface area is 161 Å². The maximum Gasteiger partial charge on any atom is 0.305 e. The lowest BCUT2D eigenvalue weighted by Crippen LogP contribution is -2.56. The number of carboxylic acids is 1. The van der Waals surface area contributed by atoms with E-state index < -0.39 is 12.0 Å². The Morgan fingerprint density at radius 3 is 2.46 bits per heavy atom. The molecule has 0 saturated carbocycles. The molecule has 1 atom stereocenters. The summed E-state index contributed by atoms with van der Waals surface area (Å²) in [5, 5.41) is 9.28. The average molecular weight is 417 g/mol. The van der Waals surface area contributed by atoms with E-state index in [0.717, 1.165) is 15.6 Å². The van der Waals surface area contributed by atoms with Gasteiger partial charge in [0.05, 0.1) is 6.42 Å². The van der Waals surface area contributed by atoms with Gasteiger partial charge in [0.25, 0.3) is 0 Å². The number of amides is 1. The largest absolute Gasteiger partial charge is 0.481 e. The van der Waals surface area contributed by atoms with Crippen LogP contribution in [0.5, 0.6) is 0 Å². The minimum absolute atomic E-state index is 0.116. The van der Waals surface area contributed by atoms with Crippen molar-refractivity contribution in [3.8, 4) is 0 Å². The van der Waals surface area contributed by atoms with Gasteiger partial charge in [-0.2, -0.15) is 0 Å².